The summed E-state index contributed by atoms with van der Waals surface area (Å²) in [6.45, 7) is 0. The van der Waals surface area contributed by atoms with E-state index in [4.69, 9.17) is 22.8 Å². The fourth-order valence-electron chi connectivity index (χ4n) is 1.02. The molecule has 1 aromatic rings. The monoisotopic (exact) mass is 247 g/mol. The number of benzene rings is 1. The smallest absolute Gasteiger partial charge is 0.201 e. The van der Waals surface area contributed by atoms with E-state index in [9.17, 15) is 8.78 Å². The van der Waals surface area contributed by atoms with Gasteiger partial charge in [-0.15, -0.1) is 6.42 Å². The minimum atomic E-state index is -1.12. The Labute approximate surface area is 101 Å². The van der Waals surface area contributed by atoms with E-state index in [1.54, 1.807) is 6.07 Å². The molecule has 0 amide bonds. The van der Waals surface area contributed by atoms with Crippen LogP contribution in [0.4, 0.5) is 14.5 Å². The molecule has 0 fully saturated rings. The minimum absolute atomic E-state index is 0.00889. The van der Waals surface area contributed by atoms with Crippen molar-refractivity contribution >= 4 is 17.2 Å². The molecular formula is C11H7F2N5. The maximum absolute atomic E-state index is 13.0. The first-order valence-corrected chi connectivity index (χ1v) is 4.53. The van der Waals surface area contributed by atoms with Crippen LogP contribution < -0.4 is 11.2 Å². The Hall–Kier alpha value is -2.93. The fraction of sp³-hybridized carbons (Fsp3) is 0. The minimum Gasteiger partial charge on any atom is -0.382 e. The lowest BCUT2D eigenvalue weighted by molar-refractivity contribution is 0.509. The van der Waals surface area contributed by atoms with Crippen molar-refractivity contribution in [3.63, 3.8) is 0 Å². The third-order valence-electron chi connectivity index (χ3n) is 1.87. The molecule has 4 N–H and O–H groups in total. The molecule has 0 aliphatic heterocycles. The molecule has 0 saturated carbocycles. The molecule has 0 aliphatic rings. The Morgan fingerprint density at radius 2 is 2.06 bits per heavy atom. The zero-order chi connectivity index (χ0) is 13.7. The van der Waals surface area contributed by atoms with Crippen LogP contribution in [0.15, 0.2) is 17.2 Å². The number of nitrogens with one attached hydrogen (secondary N) is 2. The van der Waals surface area contributed by atoms with Gasteiger partial charge in [0.25, 0.3) is 0 Å². The Balaban J connectivity index is 3.14. The van der Waals surface area contributed by atoms with Gasteiger partial charge in [0.15, 0.2) is 17.5 Å². The van der Waals surface area contributed by atoms with Crippen molar-refractivity contribution < 1.29 is 8.78 Å². The van der Waals surface area contributed by atoms with Crippen LogP contribution in [0.2, 0.25) is 0 Å². The summed E-state index contributed by atoms with van der Waals surface area (Å²) in [5.74, 6) is -0.643. The van der Waals surface area contributed by atoms with Gasteiger partial charge < -0.3 is 5.73 Å². The van der Waals surface area contributed by atoms with Crippen molar-refractivity contribution in [1.82, 2.24) is 0 Å². The topological polar surface area (TPSA) is 98.0 Å². The number of halogens is 2. The number of hydrogen-bond acceptors (Lipinski definition) is 4. The first kappa shape index (κ1) is 13.1. The molecule has 0 bridgehead atoms. The first-order valence-electron chi connectivity index (χ1n) is 4.53. The molecule has 5 nitrogen and oxygen atoms in total. The number of terminal acetylenes is 1. The van der Waals surface area contributed by atoms with Crippen LogP contribution in [0.1, 0.15) is 5.56 Å². The van der Waals surface area contributed by atoms with E-state index in [-0.39, 0.29) is 11.3 Å². The van der Waals surface area contributed by atoms with Gasteiger partial charge in [-0.2, -0.15) is 10.4 Å². The second kappa shape index (κ2) is 5.41. The molecule has 0 aliphatic carbocycles. The van der Waals surface area contributed by atoms with Gasteiger partial charge in [0.1, 0.15) is 6.07 Å². The fourth-order valence-corrected chi connectivity index (χ4v) is 1.02. The summed E-state index contributed by atoms with van der Waals surface area (Å²) in [6, 6.07) is 3.16. The van der Waals surface area contributed by atoms with Crippen LogP contribution in [-0.2, 0) is 0 Å². The molecule has 0 unspecified atom stereocenters. The molecule has 0 spiro atoms. The second-order valence-electron chi connectivity index (χ2n) is 3.05. The maximum atomic E-state index is 13.0. The third-order valence-corrected chi connectivity index (χ3v) is 1.87. The molecular weight excluding hydrogens is 240 g/mol. The Bertz CT molecular complexity index is 607. The van der Waals surface area contributed by atoms with E-state index in [1.165, 1.54) is 0 Å². The molecule has 0 saturated heterocycles. The highest BCUT2D eigenvalue weighted by molar-refractivity contribution is 6.45. The summed E-state index contributed by atoms with van der Waals surface area (Å²) < 4.78 is 25.9. The van der Waals surface area contributed by atoms with Gasteiger partial charge in [0.05, 0.1) is 11.3 Å². The summed E-state index contributed by atoms with van der Waals surface area (Å²) in [6.07, 6.45) is 5.11. The van der Waals surface area contributed by atoms with Gasteiger partial charge in [-0.1, -0.05) is 5.92 Å². The molecule has 0 radical (unpaired) electrons. The van der Waals surface area contributed by atoms with Crippen LogP contribution in [0.25, 0.3) is 0 Å². The van der Waals surface area contributed by atoms with E-state index < -0.39 is 23.2 Å². The zero-order valence-electron chi connectivity index (χ0n) is 8.96. The van der Waals surface area contributed by atoms with E-state index >= 15 is 0 Å². The number of rotatable bonds is 3. The van der Waals surface area contributed by atoms with E-state index in [0.717, 1.165) is 12.1 Å². The van der Waals surface area contributed by atoms with Crippen LogP contribution in [0, 0.1) is 40.7 Å². The van der Waals surface area contributed by atoms with Crippen molar-refractivity contribution in [1.29, 1.82) is 10.7 Å². The third kappa shape index (κ3) is 2.80. The summed E-state index contributed by atoms with van der Waals surface area (Å²) in [4.78, 5) is 0. The molecule has 90 valence electrons. The molecule has 0 atom stereocenters. The largest absolute Gasteiger partial charge is 0.382 e. The van der Waals surface area contributed by atoms with Gasteiger partial charge in [-0.3, -0.25) is 10.8 Å². The SMILES string of the molecule is C#Cc1cc(F)c(F)cc1N/N=C(\C#N)C(=N)N. The summed E-state index contributed by atoms with van der Waals surface area (Å²) in [5.41, 5.74) is 6.93. The molecule has 0 aromatic heterocycles. The summed E-state index contributed by atoms with van der Waals surface area (Å²) >= 11 is 0. The van der Waals surface area contributed by atoms with E-state index in [0.29, 0.717) is 0 Å². The van der Waals surface area contributed by atoms with E-state index in [1.807, 2.05) is 0 Å². The van der Waals surface area contributed by atoms with Gasteiger partial charge in [0, 0.05) is 6.07 Å². The number of hydrazone groups is 1. The molecule has 7 heteroatoms. The summed E-state index contributed by atoms with van der Waals surface area (Å²) in [7, 11) is 0. The number of amidine groups is 1. The van der Waals surface area contributed by atoms with Crippen molar-refractivity contribution in [3.05, 3.63) is 29.3 Å². The standard InChI is InChI=1S/C11H7F2N5/c1-2-6-3-7(12)8(13)4-9(6)17-18-10(5-14)11(15)16/h1,3-4,17H,(H3,15,16)/b18-10+. The van der Waals surface area contributed by atoms with Crippen molar-refractivity contribution in [2.24, 2.45) is 10.8 Å². The molecule has 1 aromatic carbocycles. The highest BCUT2D eigenvalue weighted by atomic mass is 19.2. The zero-order valence-corrected chi connectivity index (χ0v) is 8.96. The number of nitrogens with zero attached hydrogens (tertiary/aromatic N) is 2. The molecule has 1 rings (SSSR count). The number of nitriles is 1. The first-order chi connectivity index (χ1) is 8.49. The molecule has 0 heterocycles. The highest BCUT2D eigenvalue weighted by Crippen LogP contribution is 2.19. The predicted octanol–water partition coefficient (Wildman–Crippen LogP) is 1.17. The molecule has 18 heavy (non-hydrogen) atoms. The van der Waals surface area contributed by atoms with Crippen LogP contribution in [0.5, 0.6) is 0 Å². The quantitative estimate of drug-likeness (QED) is 0.323. The van der Waals surface area contributed by atoms with Crippen molar-refractivity contribution in [3.8, 4) is 18.4 Å². The van der Waals surface area contributed by atoms with Gasteiger partial charge in [-0.25, -0.2) is 8.78 Å². The second-order valence-corrected chi connectivity index (χ2v) is 3.05. The van der Waals surface area contributed by atoms with Crippen LogP contribution in [-0.4, -0.2) is 11.5 Å². The maximum Gasteiger partial charge on any atom is 0.201 e. The lowest BCUT2D eigenvalue weighted by atomic mass is 10.2. The van der Waals surface area contributed by atoms with Crippen LogP contribution in [0.3, 0.4) is 0 Å². The van der Waals surface area contributed by atoms with Crippen LogP contribution >= 0.6 is 0 Å². The number of hydrogen-bond donors (Lipinski definition) is 3. The van der Waals surface area contributed by atoms with Gasteiger partial charge in [-0.05, 0) is 6.07 Å². The predicted molar refractivity (Wildman–Crippen MR) is 62.9 cm³/mol. The average molecular weight is 247 g/mol. The van der Waals surface area contributed by atoms with Crippen molar-refractivity contribution in [2.75, 3.05) is 5.43 Å². The Morgan fingerprint density at radius 3 is 2.56 bits per heavy atom. The van der Waals surface area contributed by atoms with Gasteiger partial charge in [0.2, 0.25) is 5.71 Å². The van der Waals surface area contributed by atoms with Gasteiger partial charge >= 0.3 is 0 Å². The normalized spacial score (nSPS) is 10.3. The Morgan fingerprint density at radius 1 is 1.44 bits per heavy atom. The number of anilines is 1. The lowest BCUT2D eigenvalue weighted by Gasteiger charge is -2.05. The highest BCUT2D eigenvalue weighted by Gasteiger charge is 2.09. The summed E-state index contributed by atoms with van der Waals surface area (Å²) in [5, 5.41) is 19.0. The Kier molecular flexibility index (Phi) is 3.95. The van der Waals surface area contributed by atoms with Crippen molar-refractivity contribution in [2.45, 2.75) is 0 Å². The lowest BCUT2D eigenvalue weighted by Crippen LogP contribution is -2.22. The average Bonchev–Trinajstić information content (AvgIpc) is 2.33. The van der Waals surface area contributed by atoms with E-state index in [2.05, 4.69) is 16.4 Å². The number of nitrogens with two attached hydrogens (primary N) is 1.